The molecule has 0 spiro atoms. The van der Waals surface area contributed by atoms with Crippen molar-refractivity contribution >= 4 is 5.82 Å². The Morgan fingerprint density at radius 1 is 1.38 bits per heavy atom. The van der Waals surface area contributed by atoms with Crippen LogP contribution in [0.25, 0.3) is 0 Å². The fraction of sp³-hybridized carbons (Fsp3) is 0.222. The van der Waals surface area contributed by atoms with Gasteiger partial charge in [-0.15, -0.1) is 0 Å². The molecule has 2 rings (SSSR count). The third-order valence-corrected chi connectivity index (χ3v) is 1.87. The van der Waals surface area contributed by atoms with E-state index in [1.54, 1.807) is 7.05 Å². The lowest BCUT2D eigenvalue weighted by Crippen LogP contribution is -2.05. The number of halogens is 2. The summed E-state index contributed by atoms with van der Waals surface area (Å²) in [5, 5.41) is 6.67. The van der Waals surface area contributed by atoms with Gasteiger partial charge in [0.15, 0.2) is 17.5 Å². The second kappa shape index (κ2) is 4.21. The molecule has 1 N–H and O–H groups in total. The Morgan fingerprint density at radius 3 is 2.81 bits per heavy atom. The van der Waals surface area contributed by atoms with Crippen LogP contribution in [0, 0.1) is 11.6 Å². The van der Waals surface area contributed by atoms with Gasteiger partial charge in [-0.1, -0.05) is 0 Å². The van der Waals surface area contributed by atoms with Gasteiger partial charge in [-0.3, -0.25) is 4.68 Å². The maximum atomic E-state index is 13.1. The number of pyridine rings is 1. The molecule has 0 aliphatic rings. The molecule has 0 aromatic carbocycles. The van der Waals surface area contributed by atoms with Crippen LogP contribution in [0.15, 0.2) is 18.6 Å². The Bertz CT molecular complexity index is 496. The standard InChI is InChI=1S/C9H9F2N5/c1-16-5-14-8(15-16)4-13-9-7(11)2-6(10)3-12-9/h2-3,5H,4H2,1H3,(H,12,13). The Balaban J connectivity index is 2.04. The van der Waals surface area contributed by atoms with Crippen LogP contribution in [0.5, 0.6) is 0 Å². The number of hydrogen-bond acceptors (Lipinski definition) is 4. The summed E-state index contributed by atoms with van der Waals surface area (Å²) in [6.07, 6.45) is 2.47. The average Bonchev–Trinajstić information content (AvgIpc) is 2.63. The lowest BCUT2D eigenvalue weighted by Gasteiger charge is -2.03. The Hall–Kier alpha value is -2.05. The zero-order chi connectivity index (χ0) is 11.5. The minimum absolute atomic E-state index is 0.0196. The summed E-state index contributed by atoms with van der Waals surface area (Å²) in [7, 11) is 1.73. The van der Waals surface area contributed by atoms with E-state index in [4.69, 9.17) is 0 Å². The number of anilines is 1. The molecular weight excluding hydrogens is 216 g/mol. The summed E-state index contributed by atoms with van der Waals surface area (Å²) >= 11 is 0. The van der Waals surface area contributed by atoms with Crippen LogP contribution in [0.4, 0.5) is 14.6 Å². The summed E-state index contributed by atoms with van der Waals surface area (Å²) in [6, 6.07) is 0.765. The van der Waals surface area contributed by atoms with E-state index in [0.29, 0.717) is 5.82 Å². The van der Waals surface area contributed by atoms with E-state index in [-0.39, 0.29) is 12.4 Å². The van der Waals surface area contributed by atoms with Crippen LogP contribution in [0.1, 0.15) is 5.82 Å². The van der Waals surface area contributed by atoms with Crippen molar-refractivity contribution in [3.8, 4) is 0 Å². The van der Waals surface area contributed by atoms with Crippen LogP contribution in [0.3, 0.4) is 0 Å². The molecule has 0 aliphatic carbocycles. The van der Waals surface area contributed by atoms with Crippen LogP contribution in [-0.2, 0) is 13.6 Å². The normalized spacial score (nSPS) is 10.4. The molecule has 0 unspecified atom stereocenters. The smallest absolute Gasteiger partial charge is 0.169 e. The van der Waals surface area contributed by atoms with Gasteiger partial charge in [-0.2, -0.15) is 5.10 Å². The molecule has 2 aromatic heterocycles. The first-order chi connectivity index (χ1) is 7.65. The number of nitrogens with zero attached hydrogens (tertiary/aromatic N) is 4. The second-order valence-electron chi connectivity index (χ2n) is 3.17. The minimum atomic E-state index is -0.740. The van der Waals surface area contributed by atoms with Crippen LogP contribution < -0.4 is 5.32 Å². The van der Waals surface area contributed by atoms with Crippen molar-refractivity contribution in [2.45, 2.75) is 6.54 Å². The lowest BCUT2D eigenvalue weighted by molar-refractivity contribution is 0.575. The summed E-state index contributed by atoms with van der Waals surface area (Å²) in [6.45, 7) is 0.233. The lowest BCUT2D eigenvalue weighted by atomic mass is 10.4. The molecule has 0 fully saturated rings. The highest BCUT2D eigenvalue weighted by molar-refractivity contribution is 5.35. The third-order valence-electron chi connectivity index (χ3n) is 1.87. The molecule has 84 valence electrons. The quantitative estimate of drug-likeness (QED) is 0.849. The summed E-state index contributed by atoms with van der Waals surface area (Å²) in [5.41, 5.74) is 0. The van der Waals surface area contributed by atoms with Crippen molar-refractivity contribution in [1.82, 2.24) is 19.7 Å². The van der Waals surface area contributed by atoms with E-state index in [1.807, 2.05) is 0 Å². The molecule has 7 heteroatoms. The molecule has 2 heterocycles. The molecule has 0 aliphatic heterocycles. The van der Waals surface area contributed by atoms with Gasteiger partial charge in [0.1, 0.15) is 12.1 Å². The highest BCUT2D eigenvalue weighted by Gasteiger charge is 2.06. The molecule has 2 aromatic rings. The molecule has 0 atom stereocenters. The van der Waals surface area contributed by atoms with Gasteiger partial charge < -0.3 is 5.32 Å². The third kappa shape index (κ3) is 2.30. The van der Waals surface area contributed by atoms with E-state index in [2.05, 4.69) is 20.4 Å². The molecule has 0 saturated heterocycles. The number of nitrogens with one attached hydrogen (secondary N) is 1. The molecule has 16 heavy (non-hydrogen) atoms. The first-order valence-corrected chi connectivity index (χ1v) is 4.54. The number of aromatic nitrogens is 4. The fourth-order valence-corrected chi connectivity index (χ4v) is 1.17. The van der Waals surface area contributed by atoms with Gasteiger partial charge in [0.25, 0.3) is 0 Å². The minimum Gasteiger partial charge on any atom is -0.360 e. The van der Waals surface area contributed by atoms with Crippen LogP contribution in [0.2, 0.25) is 0 Å². The topological polar surface area (TPSA) is 55.6 Å². The monoisotopic (exact) mass is 225 g/mol. The highest BCUT2D eigenvalue weighted by atomic mass is 19.1. The van der Waals surface area contributed by atoms with Crippen molar-refractivity contribution in [2.24, 2.45) is 7.05 Å². The predicted molar refractivity (Wildman–Crippen MR) is 52.5 cm³/mol. The second-order valence-corrected chi connectivity index (χ2v) is 3.17. The van der Waals surface area contributed by atoms with E-state index in [1.165, 1.54) is 11.0 Å². The Labute approximate surface area is 90.1 Å². The van der Waals surface area contributed by atoms with Crippen molar-refractivity contribution in [3.05, 3.63) is 36.0 Å². The Kier molecular flexibility index (Phi) is 2.76. The molecule has 0 saturated carbocycles. The molecule has 0 radical (unpaired) electrons. The average molecular weight is 225 g/mol. The number of hydrogen-bond donors (Lipinski definition) is 1. The van der Waals surface area contributed by atoms with Crippen molar-refractivity contribution in [3.63, 3.8) is 0 Å². The maximum Gasteiger partial charge on any atom is 0.169 e. The van der Waals surface area contributed by atoms with Gasteiger partial charge in [0.05, 0.1) is 12.7 Å². The summed E-state index contributed by atoms with van der Waals surface area (Å²) in [4.78, 5) is 7.52. The van der Waals surface area contributed by atoms with E-state index in [9.17, 15) is 8.78 Å². The molecule has 0 amide bonds. The SMILES string of the molecule is Cn1cnc(CNc2ncc(F)cc2F)n1. The zero-order valence-corrected chi connectivity index (χ0v) is 8.48. The van der Waals surface area contributed by atoms with E-state index in [0.717, 1.165) is 12.3 Å². The van der Waals surface area contributed by atoms with Crippen molar-refractivity contribution < 1.29 is 8.78 Å². The van der Waals surface area contributed by atoms with Gasteiger partial charge in [0, 0.05) is 13.1 Å². The molecule has 5 nitrogen and oxygen atoms in total. The summed E-state index contributed by atoms with van der Waals surface area (Å²) < 4.78 is 27.2. The van der Waals surface area contributed by atoms with Crippen LogP contribution in [-0.4, -0.2) is 19.7 Å². The molecule has 0 bridgehead atoms. The summed E-state index contributed by atoms with van der Waals surface area (Å²) in [5.74, 6) is -0.961. The Morgan fingerprint density at radius 2 is 2.19 bits per heavy atom. The highest BCUT2D eigenvalue weighted by Crippen LogP contribution is 2.11. The van der Waals surface area contributed by atoms with Crippen LogP contribution >= 0.6 is 0 Å². The largest absolute Gasteiger partial charge is 0.360 e. The maximum absolute atomic E-state index is 13.1. The van der Waals surface area contributed by atoms with Gasteiger partial charge in [0.2, 0.25) is 0 Å². The zero-order valence-electron chi connectivity index (χ0n) is 8.48. The number of aryl methyl sites for hydroxylation is 1. The predicted octanol–water partition coefficient (Wildman–Crippen LogP) is 1.10. The van der Waals surface area contributed by atoms with Gasteiger partial charge >= 0.3 is 0 Å². The van der Waals surface area contributed by atoms with Crippen molar-refractivity contribution in [2.75, 3.05) is 5.32 Å². The van der Waals surface area contributed by atoms with Crippen molar-refractivity contribution in [1.29, 1.82) is 0 Å². The first-order valence-electron chi connectivity index (χ1n) is 4.54. The molecular formula is C9H9F2N5. The van der Waals surface area contributed by atoms with Gasteiger partial charge in [-0.25, -0.2) is 18.7 Å². The van der Waals surface area contributed by atoms with Gasteiger partial charge in [-0.05, 0) is 0 Å². The van der Waals surface area contributed by atoms with E-state index >= 15 is 0 Å². The van der Waals surface area contributed by atoms with E-state index < -0.39 is 11.6 Å². The fourth-order valence-electron chi connectivity index (χ4n) is 1.17. The number of rotatable bonds is 3. The first kappa shape index (κ1) is 10.5.